The van der Waals surface area contributed by atoms with E-state index in [1.54, 1.807) is 19.2 Å². The van der Waals surface area contributed by atoms with Crippen molar-refractivity contribution in [2.45, 2.75) is 12.5 Å². The second-order valence-corrected chi connectivity index (χ2v) is 3.11. The van der Waals surface area contributed by atoms with Crippen LogP contribution in [-0.4, -0.2) is 31.4 Å². The van der Waals surface area contributed by atoms with Crippen LogP contribution in [0.5, 0.6) is 5.75 Å². The number of aliphatic carboxylic acids is 1. The Balaban J connectivity index is 2.67. The summed E-state index contributed by atoms with van der Waals surface area (Å²) in [6.07, 6.45) is -0.436. The van der Waals surface area contributed by atoms with Crippen molar-refractivity contribution >= 4 is 5.97 Å². The van der Waals surface area contributed by atoms with Gasteiger partial charge in [-0.2, -0.15) is 0 Å². The lowest BCUT2D eigenvalue weighted by Crippen LogP contribution is -2.24. The normalized spacial score (nSPS) is 12.1. The summed E-state index contributed by atoms with van der Waals surface area (Å²) in [6.45, 7) is 0. The summed E-state index contributed by atoms with van der Waals surface area (Å²) in [5.41, 5.74) is 0.907. The van der Waals surface area contributed by atoms with Crippen LogP contribution in [0.25, 0.3) is 0 Å². The Morgan fingerprint density at radius 3 is 2.33 bits per heavy atom. The van der Waals surface area contributed by atoms with Gasteiger partial charge in [-0.05, 0) is 17.7 Å². The van der Waals surface area contributed by atoms with Gasteiger partial charge >= 0.3 is 5.97 Å². The molecule has 0 bridgehead atoms. The summed E-state index contributed by atoms with van der Waals surface area (Å²) in [5, 5.41) is 8.79. The molecule has 0 aliphatic heterocycles. The van der Waals surface area contributed by atoms with E-state index in [-0.39, 0.29) is 0 Å². The maximum absolute atomic E-state index is 10.7. The highest BCUT2D eigenvalue weighted by atomic mass is 16.5. The Morgan fingerprint density at radius 2 is 1.93 bits per heavy atom. The van der Waals surface area contributed by atoms with E-state index >= 15 is 0 Å². The molecule has 0 fully saturated rings. The number of hydrogen-bond donors (Lipinski definition) is 1. The van der Waals surface area contributed by atoms with Crippen LogP contribution in [-0.2, 0) is 16.0 Å². The molecule has 1 rings (SSSR count). The van der Waals surface area contributed by atoms with Gasteiger partial charge in [0.15, 0.2) is 6.10 Å². The van der Waals surface area contributed by atoms with Crippen LogP contribution >= 0.6 is 0 Å². The fourth-order valence-electron chi connectivity index (χ4n) is 1.25. The van der Waals surface area contributed by atoms with E-state index in [0.717, 1.165) is 11.3 Å². The molecule has 4 heteroatoms. The minimum atomic E-state index is -0.951. The van der Waals surface area contributed by atoms with Gasteiger partial charge in [0, 0.05) is 13.5 Å². The SMILES string of the molecule is COc1ccc(C[C@@H](OC)C(=O)O)cc1. The Morgan fingerprint density at radius 1 is 1.33 bits per heavy atom. The van der Waals surface area contributed by atoms with Gasteiger partial charge in [-0.15, -0.1) is 0 Å². The van der Waals surface area contributed by atoms with Crippen LogP contribution < -0.4 is 4.74 Å². The second-order valence-electron chi connectivity index (χ2n) is 3.11. The number of rotatable bonds is 5. The molecule has 0 amide bonds. The number of ether oxygens (including phenoxy) is 2. The quantitative estimate of drug-likeness (QED) is 0.796. The Hall–Kier alpha value is -1.55. The van der Waals surface area contributed by atoms with E-state index in [4.69, 9.17) is 14.6 Å². The minimum absolute atomic E-state index is 0.357. The molecule has 1 atom stereocenters. The van der Waals surface area contributed by atoms with Crippen molar-refractivity contribution in [1.82, 2.24) is 0 Å². The lowest BCUT2D eigenvalue weighted by molar-refractivity contribution is -0.148. The first-order chi connectivity index (χ1) is 7.17. The number of carboxylic acid groups (broad SMARTS) is 1. The number of methoxy groups -OCH3 is 2. The van der Waals surface area contributed by atoms with Crippen molar-refractivity contribution in [2.75, 3.05) is 14.2 Å². The van der Waals surface area contributed by atoms with Crippen LogP contribution in [0.15, 0.2) is 24.3 Å². The second kappa shape index (κ2) is 5.36. The molecule has 0 aromatic heterocycles. The molecule has 1 N–H and O–H groups in total. The summed E-state index contributed by atoms with van der Waals surface area (Å²) in [5.74, 6) is -0.198. The van der Waals surface area contributed by atoms with Crippen molar-refractivity contribution in [1.29, 1.82) is 0 Å². The van der Waals surface area contributed by atoms with Crippen molar-refractivity contribution in [3.63, 3.8) is 0 Å². The van der Waals surface area contributed by atoms with E-state index in [9.17, 15) is 4.79 Å². The van der Waals surface area contributed by atoms with Crippen molar-refractivity contribution in [3.8, 4) is 5.75 Å². The van der Waals surface area contributed by atoms with Crippen molar-refractivity contribution in [2.24, 2.45) is 0 Å². The number of carboxylic acids is 1. The monoisotopic (exact) mass is 210 g/mol. The highest BCUT2D eigenvalue weighted by molar-refractivity contribution is 5.72. The first kappa shape index (κ1) is 11.5. The Kier molecular flexibility index (Phi) is 4.12. The Labute approximate surface area is 88.4 Å². The van der Waals surface area contributed by atoms with E-state index in [2.05, 4.69) is 0 Å². The standard InChI is InChI=1S/C11H14O4/c1-14-9-5-3-8(4-6-9)7-10(15-2)11(12)13/h3-6,10H,7H2,1-2H3,(H,12,13)/t10-/m1/s1. The molecule has 82 valence electrons. The fourth-order valence-corrected chi connectivity index (χ4v) is 1.25. The predicted octanol–water partition coefficient (Wildman–Crippen LogP) is 1.34. The molecule has 0 aliphatic carbocycles. The molecule has 1 aromatic carbocycles. The third-order valence-corrected chi connectivity index (χ3v) is 2.14. The van der Waals surface area contributed by atoms with Gasteiger partial charge in [0.1, 0.15) is 5.75 Å². The molecule has 4 nitrogen and oxygen atoms in total. The number of hydrogen-bond acceptors (Lipinski definition) is 3. The van der Waals surface area contributed by atoms with Crippen molar-refractivity contribution < 1.29 is 19.4 Å². The largest absolute Gasteiger partial charge is 0.497 e. The molecular formula is C11H14O4. The zero-order valence-corrected chi connectivity index (χ0v) is 8.77. The third kappa shape index (κ3) is 3.25. The highest BCUT2D eigenvalue weighted by Gasteiger charge is 2.16. The first-order valence-corrected chi connectivity index (χ1v) is 4.56. The highest BCUT2D eigenvalue weighted by Crippen LogP contribution is 2.13. The molecule has 0 radical (unpaired) electrons. The molecule has 0 unspecified atom stereocenters. The average Bonchev–Trinajstić information content (AvgIpc) is 2.26. The van der Waals surface area contributed by atoms with E-state index in [0.29, 0.717) is 6.42 Å². The minimum Gasteiger partial charge on any atom is -0.497 e. The summed E-state index contributed by atoms with van der Waals surface area (Å²) in [6, 6.07) is 7.25. The maximum Gasteiger partial charge on any atom is 0.333 e. The van der Waals surface area contributed by atoms with Crippen LogP contribution in [0, 0.1) is 0 Å². The molecule has 0 heterocycles. The smallest absolute Gasteiger partial charge is 0.333 e. The molecule has 0 spiro atoms. The van der Waals surface area contributed by atoms with Crippen molar-refractivity contribution in [3.05, 3.63) is 29.8 Å². The molecule has 15 heavy (non-hydrogen) atoms. The molecular weight excluding hydrogens is 196 g/mol. The van der Waals surface area contributed by atoms with Gasteiger partial charge in [-0.1, -0.05) is 12.1 Å². The topological polar surface area (TPSA) is 55.8 Å². The fraction of sp³-hybridized carbons (Fsp3) is 0.364. The number of carbonyl (C=O) groups is 1. The molecule has 1 aromatic rings. The van der Waals surface area contributed by atoms with Gasteiger partial charge in [0.05, 0.1) is 7.11 Å². The summed E-state index contributed by atoms with van der Waals surface area (Å²) in [4.78, 5) is 10.7. The number of benzene rings is 1. The zero-order valence-electron chi connectivity index (χ0n) is 8.77. The zero-order chi connectivity index (χ0) is 11.3. The summed E-state index contributed by atoms with van der Waals surface area (Å²) in [7, 11) is 2.98. The Bertz CT molecular complexity index is 318. The van der Waals surface area contributed by atoms with Gasteiger partial charge in [-0.3, -0.25) is 0 Å². The molecule has 0 saturated carbocycles. The van der Waals surface area contributed by atoms with E-state index < -0.39 is 12.1 Å². The first-order valence-electron chi connectivity index (χ1n) is 4.56. The van der Waals surface area contributed by atoms with Crippen LogP contribution in [0.1, 0.15) is 5.56 Å². The summed E-state index contributed by atoms with van der Waals surface area (Å²) < 4.78 is 9.84. The average molecular weight is 210 g/mol. The molecule has 0 aliphatic rings. The van der Waals surface area contributed by atoms with E-state index in [1.807, 2.05) is 12.1 Å². The lowest BCUT2D eigenvalue weighted by atomic mass is 10.1. The molecule has 0 saturated heterocycles. The summed E-state index contributed by atoms with van der Waals surface area (Å²) >= 11 is 0. The predicted molar refractivity (Wildman–Crippen MR) is 55.1 cm³/mol. The van der Waals surface area contributed by atoms with E-state index in [1.165, 1.54) is 7.11 Å². The van der Waals surface area contributed by atoms with Gasteiger partial charge in [0.25, 0.3) is 0 Å². The van der Waals surface area contributed by atoms with Crippen LogP contribution in [0.4, 0.5) is 0 Å². The maximum atomic E-state index is 10.7. The van der Waals surface area contributed by atoms with Gasteiger partial charge < -0.3 is 14.6 Å². The van der Waals surface area contributed by atoms with Gasteiger partial charge in [0.2, 0.25) is 0 Å². The van der Waals surface area contributed by atoms with Gasteiger partial charge in [-0.25, -0.2) is 4.79 Å². The third-order valence-electron chi connectivity index (χ3n) is 2.14. The van der Waals surface area contributed by atoms with Crippen LogP contribution in [0.3, 0.4) is 0 Å². The van der Waals surface area contributed by atoms with Crippen LogP contribution in [0.2, 0.25) is 0 Å². The lowest BCUT2D eigenvalue weighted by Gasteiger charge is -2.10.